The second kappa shape index (κ2) is 8.07. The summed E-state index contributed by atoms with van der Waals surface area (Å²) in [6.07, 6.45) is 1.10. The van der Waals surface area contributed by atoms with Gasteiger partial charge in [0.15, 0.2) is 9.84 Å². The number of sulfone groups is 1. The van der Waals surface area contributed by atoms with Crippen LogP contribution in [0.4, 0.5) is 0 Å². The number of hydrogen-bond acceptors (Lipinski definition) is 7. The van der Waals surface area contributed by atoms with E-state index in [9.17, 15) is 16.8 Å². The van der Waals surface area contributed by atoms with E-state index in [4.69, 9.17) is 13.7 Å². The third-order valence-electron chi connectivity index (χ3n) is 4.10. The molecule has 0 aromatic heterocycles. The minimum absolute atomic E-state index is 0.0154. The van der Waals surface area contributed by atoms with Gasteiger partial charge in [-0.25, -0.2) is 8.42 Å². The lowest BCUT2D eigenvalue weighted by atomic mass is 10.1. The molecule has 2 aromatic rings. The lowest BCUT2D eigenvalue weighted by Gasteiger charge is -2.30. The Hall–Kier alpha value is -1.78. The van der Waals surface area contributed by atoms with Gasteiger partial charge in [-0.2, -0.15) is 8.42 Å². The molecule has 27 heavy (non-hydrogen) atoms. The van der Waals surface area contributed by atoms with E-state index < -0.39 is 32.3 Å². The highest BCUT2D eigenvalue weighted by Crippen LogP contribution is 2.29. The fourth-order valence-corrected chi connectivity index (χ4v) is 3.95. The monoisotopic (exact) mass is 414 g/mol. The molecule has 0 aliphatic rings. The van der Waals surface area contributed by atoms with Gasteiger partial charge in [0.05, 0.1) is 9.79 Å². The van der Waals surface area contributed by atoms with Gasteiger partial charge in [0.25, 0.3) is 10.1 Å². The van der Waals surface area contributed by atoms with Crippen LogP contribution in [-0.2, 0) is 39.4 Å². The summed E-state index contributed by atoms with van der Waals surface area (Å²) in [6.45, 7) is 1.40. The molecular formula is C18H22O7S2. The third kappa shape index (κ3) is 4.94. The van der Waals surface area contributed by atoms with Gasteiger partial charge in [-0.3, -0.25) is 4.18 Å². The highest BCUT2D eigenvalue weighted by atomic mass is 32.2. The molecule has 0 heterocycles. The predicted octanol–water partition coefficient (Wildman–Crippen LogP) is 2.25. The van der Waals surface area contributed by atoms with Crippen molar-refractivity contribution in [2.75, 3.05) is 27.1 Å². The van der Waals surface area contributed by atoms with Crippen molar-refractivity contribution in [3.63, 3.8) is 0 Å². The third-order valence-corrected chi connectivity index (χ3v) is 6.50. The fraction of sp³-hybridized carbons (Fsp3) is 0.333. The van der Waals surface area contributed by atoms with Gasteiger partial charge < -0.3 is 9.47 Å². The van der Waals surface area contributed by atoms with Crippen LogP contribution in [-0.4, -0.2) is 43.9 Å². The molecule has 0 radical (unpaired) electrons. The van der Waals surface area contributed by atoms with E-state index in [1.54, 1.807) is 12.1 Å². The van der Waals surface area contributed by atoms with Crippen LogP contribution < -0.4 is 0 Å². The van der Waals surface area contributed by atoms with Crippen LogP contribution in [0.15, 0.2) is 58.3 Å². The molecule has 0 aliphatic heterocycles. The molecule has 0 amide bonds. The van der Waals surface area contributed by atoms with Gasteiger partial charge in [-0.05, 0) is 31.2 Å². The summed E-state index contributed by atoms with van der Waals surface area (Å²) >= 11 is 0. The predicted molar refractivity (Wildman–Crippen MR) is 99.6 cm³/mol. The summed E-state index contributed by atoms with van der Waals surface area (Å²) in [6, 6.07) is 12.0. The SMILES string of the molecule is COC(COS(=O)(=O)c1ccc(C)cc1)(OC)c1ccc(S(C)(=O)=O)cc1. The van der Waals surface area contributed by atoms with Gasteiger partial charge in [0.1, 0.15) is 6.61 Å². The Labute approximate surface area is 159 Å². The van der Waals surface area contributed by atoms with E-state index >= 15 is 0 Å². The van der Waals surface area contributed by atoms with Crippen molar-refractivity contribution in [3.05, 3.63) is 59.7 Å². The highest BCUT2D eigenvalue weighted by Gasteiger charge is 2.35. The largest absolute Gasteiger partial charge is 0.347 e. The number of methoxy groups -OCH3 is 2. The van der Waals surface area contributed by atoms with Crippen LogP contribution in [0.25, 0.3) is 0 Å². The first-order chi connectivity index (χ1) is 12.5. The van der Waals surface area contributed by atoms with E-state index in [0.29, 0.717) is 5.56 Å². The smallest absolute Gasteiger partial charge is 0.297 e. The normalized spacial score (nSPS) is 12.9. The molecule has 0 atom stereocenters. The maximum Gasteiger partial charge on any atom is 0.297 e. The zero-order valence-electron chi connectivity index (χ0n) is 15.5. The van der Waals surface area contributed by atoms with Gasteiger partial charge in [0.2, 0.25) is 5.79 Å². The van der Waals surface area contributed by atoms with Crippen molar-refractivity contribution in [2.24, 2.45) is 0 Å². The fourth-order valence-electron chi connectivity index (χ4n) is 2.40. The molecule has 148 valence electrons. The first-order valence-electron chi connectivity index (χ1n) is 7.91. The summed E-state index contributed by atoms with van der Waals surface area (Å²) in [4.78, 5) is 0.141. The number of benzene rings is 2. The first kappa shape index (κ1) is 21.5. The van der Waals surface area contributed by atoms with E-state index in [1.807, 2.05) is 6.92 Å². The summed E-state index contributed by atoms with van der Waals surface area (Å²) in [5, 5.41) is 0. The molecule has 0 saturated carbocycles. The average molecular weight is 415 g/mol. The standard InChI is InChI=1S/C18H22O7S2/c1-14-5-9-17(10-6-14)27(21,22)25-13-18(23-2,24-3)15-7-11-16(12-8-15)26(4,19)20/h5-12H,13H2,1-4H3. The molecule has 0 aliphatic carbocycles. The van der Waals surface area contributed by atoms with Crippen LogP contribution in [0.1, 0.15) is 11.1 Å². The van der Waals surface area contributed by atoms with Crippen molar-refractivity contribution < 1.29 is 30.5 Å². The Morgan fingerprint density at radius 1 is 0.815 bits per heavy atom. The van der Waals surface area contributed by atoms with E-state index in [0.717, 1.165) is 11.8 Å². The second-order valence-corrected chi connectivity index (χ2v) is 9.62. The second-order valence-electron chi connectivity index (χ2n) is 5.99. The average Bonchev–Trinajstić information content (AvgIpc) is 2.63. The van der Waals surface area contributed by atoms with E-state index in [1.165, 1.54) is 50.6 Å². The molecule has 9 heteroatoms. The Bertz CT molecular complexity index is 973. The zero-order chi connectivity index (χ0) is 20.3. The van der Waals surface area contributed by atoms with Gasteiger partial charge in [-0.15, -0.1) is 0 Å². The minimum atomic E-state index is -4.03. The van der Waals surface area contributed by atoms with Crippen LogP contribution in [0, 0.1) is 6.92 Å². The maximum atomic E-state index is 12.4. The Morgan fingerprint density at radius 2 is 1.30 bits per heavy atom. The highest BCUT2D eigenvalue weighted by molar-refractivity contribution is 7.90. The van der Waals surface area contributed by atoms with Crippen molar-refractivity contribution >= 4 is 20.0 Å². The molecule has 0 spiro atoms. The van der Waals surface area contributed by atoms with Crippen molar-refractivity contribution in [1.82, 2.24) is 0 Å². The molecule has 0 N–H and O–H groups in total. The quantitative estimate of drug-likeness (QED) is 0.483. The number of ether oxygens (including phenoxy) is 2. The summed E-state index contributed by atoms with van der Waals surface area (Å²) in [5.74, 6) is -1.52. The molecule has 7 nitrogen and oxygen atoms in total. The van der Waals surface area contributed by atoms with Crippen molar-refractivity contribution in [2.45, 2.75) is 22.5 Å². The van der Waals surface area contributed by atoms with Gasteiger partial charge in [-0.1, -0.05) is 29.8 Å². The number of rotatable bonds is 8. The van der Waals surface area contributed by atoms with Crippen LogP contribution in [0.2, 0.25) is 0 Å². The van der Waals surface area contributed by atoms with Gasteiger partial charge in [0, 0.05) is 26.0 Å². The van der Waals surface area contributed by atoms with Crippen LogP contribution in [0.3, 0.4) is 0 Å². The maximum absolute atomic E-state index is 12.4. The lowest BCUT2D eigenvalue weighted by molar-refractivity contribution is -0.231. The molecule has 2 aromatic carbocycles. The van der Waals surface area contributed by atoms with Crippen molar-refractivity contribution in [1.29, 1.82) is 0 Å². The molecule has 0 fully saturated rings. The Balaban J connectivity index is 2.29. The molecule has 2 rings (SSSR count). The zero-order valence-corrected chi connectivity index (χ0v) is 17.1. The van der Waals surface area contributed by atoms with E-state index in [2.05, 4.69) is 0 Å². The minimum Gasteiger partial charge on any atom is -0.347 e. The first-order valence-corrected chi connectivity index (χ1v) is 11.2. The summed E-state index contributed by atoms with van der Waals surface area (Å²) < 4.78 is 64.0. The Morgan fingerprint density at radius 3 is 1.74 bits per heavy atom. The number of aryl methyl sites for hydroxylation is 1. The van der Waals surface area contributed by atoms with E-state index in [-0.39, 0.29) is 9.79 Å². The summed E-state index contributed by atoms with van der Waals surface area (Å²) in [5.41, 5.74) is 1.34. The Kier molecular flexibility index (Phi) is 6.43. The summed E-state index contributed by atoms with van der Waals surface area (Å²) in [7, 11) is -4.70. The van der Waals surface area contributed by atoms with Gasteiger partial charge >= 0.3 is 0 Å². The molecule has 0 saturated heterocycles. The number of hydrogen-bond donors (Lipinski definition) is 0. The van der Waals surface area contributed by atoms with Crippen LogP contribution in [0.5, 0.6) is 0 Å². The molecular weight excluding hydrogens is 392 g/mol. The topological polar surface area (TPSA) is 96.0 Å². The van der Waals surface area contributed by atoms with Crippen LogP contribution >= 0.6 is 0 Å². The molecule has 0 bridgehead atoms. The molecule has 0 unspecified atom stereocenters. The van der Waals surface area contributed by atoms with Crippen molar-refractivity contribution in [3.8, 4) is 0 Å². The lowest BCUT2D eigenvalue weighted by Crippen LogP contribution is -2.37.